The number of nitrogens with zero attached hydrogens (tertiary/aromatic N) is 2. The van der Waals surface area contributed by atoms with E-state index in [1.165, 1.54) is 23.5 Å². The van der Waals surface area contributed by atoms with Gasteiger partial charge in [-0.05, 0) is 42.5 Å². The summed E-state index contributed by atoms with van der Waals surface area (Å²) < 4.78 is 44.9. The van der Waals surface area contributed by atoms with Crippen LogP contribution in [-0.4, -0.2) is 18.2 Å². The molecule has 0 amide bonds. The van der Waals surface area contributed by atoms with Gasteiger partial charge >= 0.3 is 0 Å². The molecule has 1 N–H and O–H groups in total. The van der Waals surface area contributed by atoms with E-state index in [2.05, 4.69) is 25.8 Å². The van der Waals surface area contributed by atoms with Crippen LogP contribution in [0.5, 0.6) is 0 Å². The van der Waals surface area contributed by atoms with Gasteiger partial charge in [0, 0.05) is 10.7 Å². The monoisotopic (exact) mass is 469 g/mol. The predicted molar refractivity (Wildman–Crippen MR) is 108 cm³/mol. The van der Waals surface area contributed by atoms with Gasteiger partial charge in [-0.25, -0.2) is 12.8 Å². The molecule has 0 spiro atoms. The number of thiophene rings is 1. The molecule has 3 aromatic rings. The molecule has 0 bridgehead atoms. The third-order valence-electron chi connectivity index (χ3n) is 4.62. The van der Waals surface area contributed by atoms with Gasteiger partial charge in [0.2, 0.25) is 0 Å². The first-order chi connectivity index (χ1) is 12.9. The molecule has 1 saturated carbocycles. The standard InChI is InChI=1S/C18H17BrFN3O2S2/c19-12-7-8-15(14(20)10-12)22-27(24,25)17-11-23(13-4-1-2-5-13)21-18(17)16-6-3-9-26-16/h3,6-11,13,22H,1-2,4-5H2. The van der Waals surface area contributed by atoms with Crippen LogP contribution in [0.15, 0.2) is 51.3 Å². The Bertz CT molecular complexity index is 1060. The Morgan fingerprint density at radius 3 is 2.70 bits per heavy atom. The first-order valence-corrected chi connectivity index (χ1v) is 11.7. The Morgan fingerprint density at radius 1 is 1.26 bits per heavy atom. The van der Waals surface area contributed by atoms with Crippen LogP contribution >= 0.6 is 27.3 Å². The van der Waals surface area contributed by atoms with Gasteiger partial charge in [0.1, 0.15) is 16.4 Å². The minimum absolute atomic E-state index is 0.0687. The summed E-state index contributed by atoms with van der Waals surface area (Å²) in [4.78, 5) is 0.836. The summed E-state index contributed by atoms with van der Waals surface area (Å²) in [5, 5.41) is 6.46. The molecule has 0 radical (unpaired) electrons. The fraction of sp³-hybridized carbons (Fsp3) is 0.278. The van der Waals surface area contributed by atoms with Crippen molar-refractivity contribution in [1.82, 2.24) is 9.78 Å². The van der Waals surface area contributed by atoms with Crippen molar-refractivity contribution < 1.29 is 12.8 Å². The Labute approximate surface area is 169 Å². The topological polar surface area (TPSA) is 64.0 Å². The highest BCUT2D eigenvalue weighted by molar-refractivity contribution is 9.10. The summed E-state index contributed by atoms with van der Waals surface area (Å²) in [5.41, 5.74) is 0.311. The molecule has 0 saturated heterocycles. The summed E-state index contributed by atoms with van der Waals surface area (Å²) in [6.45, 7) is 0. The lowest BCUT2D eigenvalue weighted by atomic mass is 10.3. The van der Waals surface area contributed by atoms with E-state index in [0.717, 1.165) is 30.6 Å². The lowest BCUT2D eigenvalue weighted by Crippen LogP contribution is -2.14. The number of nitrogens with one attached hydrogen (secondary N) is 1. The predicted octanol–water partition coefficient (Wildman–Crippen LogP) is 5.43. The smallest absolute Gasteiger partial charge is 0.265 e. The van der Waals surface area contributed by atoms with Crippen molar-refractivity contribution in [3.05, 3.63) is 52.2 Å². The van der Waals surface area contributed by atoms with Crippen molar-refractivity contribution in [2.45, 2.75) is 36.6 Å². The highest BCUT2D eigenvalue weighted by atomic mass is 79.9. The van der Waals surface area contributed by atoms with Gasteiger partial charge in [-0.3, -0.25) is 9.40 Å². The van der Waals surface area contributed by atoms with Crippen molar-refractivity contribution in [3.63, 3.8) is 0 Å². The van der Waals surface area contributed by atoms with E-state index in [1.807, 2.05) is 17.5 Å². The molecule has 1 aliphatic rings. The maximum Gasteiger partial charge on any atom is 0.265 e. The summed E-state index contributed by atoms with van der Waals surface area (Å²) in [5.74, 6) is -0.645. The third-order valence-corrected chi connectivity index (χ3v) is 7.35. The van der Waals surface area contributed by atoms with Gasteiger partial charge in [0.25, 0.3) is 10.0 Å². The molecule has 2 heterocycles. The molecule has 0 aliphatic heterocycles. The van der Waals surface area contributed by atoms with E-state index in [-0.39, 0.29) is 16.6 Å². The quantitative estimate of drug-likeness (QED) is 0.541. The second-order valence-corrected chi connectivity index (χ2v) is 9.98. The van der Waals surface area contributed by atoms with Gasteiger partial charge in [0.05, 0.1) is 16.6 Å². The molecule has 142 valence electrons. The normalized spacial score (nSPS) is 15.3. The molecular formula is C18H17BrFN3O2S2. The minimum atomic E-state index is -4.00. The Morgan fingerprint density at radius 2 is 2.04 bits per heavy atom. The average molecular weight is 470 g/mol. The maximum absolute atomic E-state index is 14.1. The fourth-order valence-corrected chi connectivity index (χ4v) is 5.62. The van der Waals surface area contributed by atoms with E-state index in [9.17, 15) is 12.8 Å². The van der Waals surface area contributed by atoms with Crippen LogP contribution in [0.3, 0.4) is 0 Å². The zero-order valence-corrected chi connectivity index (χ0v) is 17.4. The van der Waals surface area contributed by atoms with E-state index >= 15 is 0 Å². The lowest BCUT2D eigenvalue weighted by Gasteiger charge is -2.09. The van der Waals surface area contributed by atoms with Crippen LogP contribution in [0.2, 0.25) is 0 Å². The minimum Gasteiger partial charge on any atom is -0.277 e. The number of halogens is 2. The highest BCUT2D eigenvalue weighted by Gasteiger charge is 2.28. The molecule has 27 heavy (non-hydrogen) atoms. The fourth-order valence-electron chi connectivity index (χ4n) is 3.28. The molecule has 1 aliphatic carbocycles. The van der Waals surface area contributed by atoms with Gasteiger partial charge < -0.3 is 0 Å². The van der Waals surface area contributed by atoms with Crippen LogP contribution in [-0.2, 0) is 10.0 Å². The number of rotatable bonds is 5. The molecule has 1 aromatic carbocycles. The number of hydrogen-bond acceptors (Lipinski definition) is 4. The molecule has 4 rings (SSSR count). The van der Waals surface area contributed by atoms with Crippen LogP contribution in [0, 0.1) is 5.82 Å². The molecule has 9 heteroatoms. The summed E-state index contributed by atoms with van der Waals surface area (Å²) >= 11 is 4.60. The molecule has 2 aromatic heterocycles. The van der Waals surface area contributed by atoms with Gasteiger partial charge in [-0.1, -0.05) is 34.8 Å². The number of sulfonamides is 1. The SMILES string of the molecule is O=S(=O)(Nc1ccc(Br)cc1F)c1cn(C2CCCC2)nc1-c1cccs1. The van der Waals surface area contributed by atoms with Crippen LogP contribution in [0.25, 0.3) is 10.6 Å². The number of benzene rings is 1. The first-order valence-electron chi connectivity index (χ1n) is 8.55. The second kappa shape index (κ2) is 7.37. The Kier molecular flexibility index (Phi) is 5.09. The second-order valence-electron chi connectivity index (χ2n) is 6.47. The largest absolute Gasteiger partial charge is 0.277 e. The zero-order valence-electron chi connectivity index (χ0n) is 14.2. The van der Waals surface area contributed by atoms with E-state index in [1.54, 1.807) is 16.9 Å². The van der Waals surface area contributed by atoms with E-state index in [4.69, 9.17) is 0 Å². The Hall–Kier alpha value is -1.71. The number of anilines is 1. The summed E-state index contributed by atoms with van der Waals surface area (Å²) in [7, 11) is -4.00. The van der Waals surface area contributed by atoms with Gasteiger partial charge in [-0.2, -0.15) is 5.10 Å². The third kappa shape index (κ3) is 3.81. The Balaban J connectivity index is 1.76. The van der Waals surface area contributed by atoms with Crippen LogP contribution in [0.4, 0.5) is 10.1 Å². The highest BCUT2D eigenvalue weighted by Crippen LogP contribution is 2.35. The van der Waals surface area contributed by atoms with Crippen molar-refractivity contribution in [2.75, 3.05) is 4.72 Å². The molecule has 1 fully saturated rings. The molecule has 0 atom stereocenters. The van der Waals surface area contributed by atoms with E-state index < -0.39 is 15.8 Å². The van der Waals surface area contributed by atoms with Crippen molar-refractivity contribution in [2.24, 2.45) is 0 Å². The maximum atomic E-state index is 14.1. The van der Waals surface area contributed by atoms with E-state index in [0.29, 0.717) is 10.2 Å². The summed E-state index contributed by atoms with van der Waals surface area (Å²) in [6, 6.07) is 8.10. The van der Waals surface area contributed by atoms with Crippen LogP contribution < -0.4 is 4.72 Å². The van der Waals surface area contributed by atoms with Gasteiger partial charge in [-0.15, -0.1) is 11.3 Å². The lowest BCUT2D eigenvalue weighted by molar-refractivity contribution is 0.467. The van der Waals surface area contributed by atoms with Crippen molar-refractivity contribution >= 4 is 43.0 Å². The zero-order chi connectivity index (χ0) is 19.0. The first kappa shape index (κ1) is 18.6. The van der Waals surface area contributed by atoms with Crippen molar-refractivity contribution in [3.8, 4) is 10.6 Å². The van der Waals surface area contributed by atoms with Crippen LogP contribution in [0.1, 0.15) is 31.7 Å². The molecular weight excluding hydrogens is 453 g/mol. The number of hydrogen-bond donors (Lipinski definition) is 1. The van der Waals surface area contributed by atoms with Gasteiger partial charge in [0.15, 0.2) is 0 Å². The van der Waals surface area contributed by atoms with Crippen molar-refractivity contribution in [1.29, 1.82) is 0 Å². The number of aromatic nitrogens is 2. The molecule has 0 unspecified atom stereocenters. The summed E-state index contributed by atoms with van der Waals surface area (Å²) in [6.07, 6.45) is 5.77. The average Bonchev–Trinajstić information content (AvgIpc) is 3.37. The molecule has 5 nitrogen and oxygen atoms in total.